The first-order valence-electron chi connectivity index (χ1n) is 8.45. The monoisotopic (exact) mass is 351 g/mol. The third kappa shape index (κ3) is 4.24. The molecule has 0 bridgehead atoms. The molecule has 134 valence electrons. The van der Waals surface area contributed by atoms with Crippen LogP contribution in [0.25, 0.3) is 0 Å². The molecule has 0 spiro atoms. The first-order valence-corrected chi connectivity index (χ1v) is 8.45. The van der Waals surface area contributed by atoms with Crippen LogP contribution in [0.15, 0.2) is 48.5 Å². The quantitative estimate of drug-likeness (QED) is 0.683. The smallest absolute Gasteiger partial charge is 0.235 e. The van der Waals surface area contributed by atoms with Gasteiger partial charge in [-0.25, -0.2) is 0 Å². The predicted octanol–water partition coefficient (Wildman–Crippen LogP) is 2.74. The molecule has 0 radical (unpaired) electrons. The molecule has 0 saturated carbocycles. The van der Waals surface area contributed by atoms with Crippen LogP contribution in [-0.4, -0.2) is 33.6 Å². The van der Waals surface area contributed by atoms with Gasteiger partial charge in [-0.05, 0) is 48.2 Å². The molecular weight excluding hydrogens is 330 g/mol. The number of aromatic nitrogens is 4. The van der Waals surface area contributed by atoms with E-state index in [1.807, 2.05) is 12.1 Å². The largest absolute Gasteiger partial charge is 0.497 e. The molecule has 0 aliphatic rings. The molecular formula is C19H21N5O2. The van der Waals surface area contributed by atoms with E-state index in [0.717, 1.165) is 17.7 Å². The lowest BCUT2D eigenvalue weighted by Crippen LogP contribution is -2.24. The molecule has 26 heavy (non-hydrogen) atoms. The van der Waals surface area contributed by atoms with Gasteiger partial charge in [0, 0.05) is 5.69 Å². The number of benzene rings is 2. The molecule has 7 heteroatoms. The van der Waals surface area contributed by atoms with E-state index in [0.29, 0.717) is 17.9 Å². The van der Waals surface area contributed by atoms with Gasteiger partial charge in [-0.15, -0.1) is 10.2 Å². The van der Waals surface area contributed by atoms with Crippen LogP contribution in [0.2, 0.25) is 0 Å². The minimum absolute atomic E-state index is 0.184. The lowest BCUT2D eigenvalue weighted by atomic mass is 9.96. The highest BCUT2D eigenvalue weighted by atomic mass is 16.5. The van der Waals surface area contributed by atoms with Gasteiger partial charge < -0.3 is 10.1 Å². The number of ether oxygens (including phenoxy) is 1. The highest BCUT2D eigenvalue weighted by Crippen LogP contribution is 2.21. The minimum Gasteiger partial charge on any atom is -0.497 e. The van der Waals surface area contributed by atoms with Crippen molar-refractivity contribution >= 4 is 11.6 Å². The van der Waals surface area contributed by atoms with Crippen LogP contribution in [0.1, 0.15) is 29.8 Å². The van der Waals surface area contributed by atoms with Gasteiger partial charge in [0.15, 0.2) is 5.82 Å². The van der Waals surface area contributed by atoms with Crippen molar-refractivity contribution in [2.24, 2.45) is 0 Å². The van der Waals surface area contributed by atoms with Crippen LogP contribution in [0.3, 0.4) is 0 Å². The number of carbonyl (C=O) groups excluding carboxylic acids is 1. The van der Waals surface area contributed by atoms with Crippen LogP contribution in [-0.2, 0) is 17.6 Å². The normalized spacial score (nSPS) is 11.8. The van der Waals surface area contributed by atoms with Crippen molar-refractivity contribution in [3.05, 3.63) is 65.5 Å². The number of aryl methyl sites for hydroxylation is 1. The van der Waals surface area contributed by atoms with Crippen molar-refractivity contribution in [2.75, 3.05) is 12.4 Å². The number of nitrogens with zero attached hydrogens (tertiary/aromatic N) is 3. The lowest BCUT2D eigenvalue weighted by molar-refractivity contribution is -0.117. The molecule has 1 amide bonds. The molecule has 0 unspecified atom stereocenters. The standard InChI is InChI=1S/C19H21N5O2/c1-3-13-4-6-14(7-5-13)12-17(18-21-23-24-22-18)19(25)20-15-8-10-16(26-2)11-9-15/h4-11,17H,3,12H2,1-2H3,(H,20,25)(H,21,22,23,24)/t17-/m1/s1. The van der Waals surface area contributed by atoms with Gasteiger partial charge in [0.2, 0.25) is 5.91 Å². The van der Waals surface area contributed by atoms with Crippen LogP contribution >= 0.6 is 0 Å². The van der Waals surface area contributed by atoms with Crippen LogP contribution in [0.4, 0.5) is 5.69 Å². The molecule has 0 saturated heterocycles. The fraction of sp³-hybridized carbons (Fsp3) is 0.263. The number of aromatic amines is 1. The Kier molecular flexibility index (Phi) is 5.58. The number of tetrazole rings is 1. The molecule has 1 aromatic heterocycles. The van der Waals surface area contributed by atoms with Crippen molar-refractivity contribution in [3.63, 3.8) is 0 Å². The maximum Gasteiger partial charge on any atom is 0.235 e. The van der Waals surface area contributed by atoms with Gasteiger partial charge in [0.1, 0.15) is 11.7 Å². The van der Waals surface area contributed by atoms with E-state index < -0.39 is 5.92 Å². The molecule has 0 fully saturated rings. The van der Waals surface area contributed by atoms with E-state index in [4.69, 9.17) is 4.74 Å². The number of methoxy groups -OCH3 is 1. The SMILES string of the molecule is CCc1ccc(C[C@@H](C(=O)Nc2ccc(OC)cc2)c2nn[nH]n2)cc1. The van der Waals surface area contributed by atoms with E-state index in [1.54, 1.807) is 31.4 Å². The van der Waals surface area contributed by atoms with Crippen molar-refractivity contribution in [1.82, 2.24) is 20.6 Å². The molecule has 0 aliphatic heterocycles. The number of anilines is 1. The first-order chi connectivity index (χ1) is 12.7. The summed E-state index contributed by atoms with van der Waals surface area (Å²) in [5.41, 5.74) is 2.99. The molecule has 1 heterocycles. The molecule has 0 aliphatic carbocycles. The lowest BCUT2D eigenvalue weighted by Gasteiger charge is -2.14. The maximum absolute atomic E-state index is 12.8. The van der Waals surface area contributed by atoms with Gasteiger partial charge in [-0.1, -0.05) is 36.4 Å². The number of nitrogens with one attached hydrogen (secondary N) is 2. The second-order valence-electron chi connectivity index (χ2n) is 5.91. The molecule has 2 aromatic carbocycles. The van der Waals surface area contributed by atoms with Crippen molar-refractivity contribution in [2.45, 2.75) is 25.7 Å². The zero-order valence-electron chi connectivity index (χ0n) is 14.8. The Morgan fingerprint density at radius 2 is 1.81 bits per heavy atom. The summed E-state index contributed by atoms with van der Waals surface area (Å²) in [6.07, 6.45) is 1.47. The van der Waals surface area contributed by atoms with Gasteiger partial charge in [0.25, 0.3) is 0 Å². The van der Waals surface area contributed by atoms with Gasteiger partial charge in [-0.3, -0.25) is 4.79 Å². The summed E-state index contributed by atoms with van der Waals surface area (Å²) in [6.45, 7) is 2.11. The number of rotatable bonds is 7. The van der Waals surface area contributed by atoms with E-state index >= 15 is 0 Å². The summed E-state index contributed by atoms with van der Waals surface area (Å²) in [6, 6.07) is 15.4. The van der Waals surface area contributed by atoms with Crippen molar-refractivity contribution in [3.8, 4) is 5.75 Å². The van der Waals surface area contributed by atoms with E-state index in [1.165, 1.54) is 5.56 Å². The second-order valence-corrected chi connectivity index (χ2v) is 5.91. The molecule has 3 aromatic rings. The average Bonchev–Trinajstić information content (AvgIpc) is 3.21. The molecule has 2 N–H and O–H groups in total. The Morgan fingerprint density at radius 3 is 2.38 bits per heavy atom. The topological polar surface area (TPSA) is 92.8 Å². The number of hydrogen-bond donors (Lipinski definition) is 2. The molecule has 7 nitrogen and oxygen atoms in total. The van der Waals surface area contributed by atoms with E-state index in [9.17, 15) is 4.79 Å². The van der Waals surface area contributed by atoms with Crippen LogP contribution < -0.4 is 10.1 Å². The zero-order valence-corrected chi connectivity index (χ0v) is 14.8. The number of amides is 1. The third-order valence-corrected chi connectivity index (χ3v) is 4.22. The van der Waals surface area contributed by atoms with Crippen molar-refractivity contribution in [1.29, 1.82) is 0 Å². The van der Waals surface area contributed by atoms with Crippen LogP contribution in [0, 0.1) is 0 Å². The Labute approximate surface area is 151 Å². The van der Waals surface area contributed by atoms with E-state index in [2.05, 4.69) is 45.0 Å². The third-order valence-electron chi connectivity index (χ3n) is 4.22. The highest BCUT2D eigenvalue weighted by molar-refractivity contribution is 5.95. The highest BCUT2D eigenvalue weighted by Gasteiger charge is 2.25. The first kappa shape index (κ1) is 17.6. The Morgan fingerprint density at radius 1 is 1.12 bits per heavy atom. The number of carbonyl (C=O) groups is 1. The van der Waals surface area contributed by atoms with Gasteiger partial charge >= 0.3 is 0 Å². The maximum atomic E-state index is 12.8. The van der Waals surface area contributed by atoms with Gasteiger partial charge in [-0.2, -0.15) is 5.21 Å². The summed E-state index contributed by atoms with van der Waals surface area (Å²) in [5, 5.41) is 16.9. The summed E-state index contributed by atoms with van der Waals surface area (Å²) in [4.78, 5) is 12.8. The number of H-pyrrole nitrogens is 1. The summed E-state index contributed by atoms with van der Waals surface area (Å²) >= 11 is 0. The van der Waals surface area contributed by atoms with Gasteiger partial charge in [0.05, 0.1) is 7.11 Å². The number of hydrogen-bond acceptors (Lipinski definition) is 5. The summed E-state index contributed by atoms with van der Waals surface area (Å²) in [7, 11) is 1.60. The van der Waals surface area contributed by atoms with Crippen LogP contribution in [0.5, 0.6) is 5.75 Å². The summed E-state index contributed by atoms with van der Waals surface area (Å²) in [5.74, 6) is 0.378. The van der Waals surface area contributed by atoms with E-state index in [-0.39, 0.29) is 5.91 Å². The molecule has 1 atom stereocenters. The zero-order chi connectivity index (χ0) is 18.4. The predicted molar refractivity (Wildman–Crippen MR) is 98.1 cm³/mol. The Balaban J connectivity index is 1.77. The van der Waals surface area contributed by atoms with Crippen molar-refractivity contribution < 1.29 is 9.53 Å². The Hall–Kier alpha value is -3.22. The Bertz CT molecular complexity index is 829. The fourth-order valence-electron chi connectivity index (χ4n) is 2.67. The average molecular weight is 351 g/mol. The fourth-order valence-corrected chi connectivity index (χ4v) is 2.67. The second kappa shape index (κ2) is 8.24. The molecule has 3 rings (SSSR count). The minimum atomic E-state index is -0.539. The summed E-state index contributed by atoms with van der Waals surface area (Å²) < 4.78 is 5.13.